The Morgan fingerprint density at radius 3 is 2.71 bits per heavy atom. The van der Waals surface area contributed by atoms with Gasteiger partial charge in [-0.15, -0.1) is 0 Å². The lowest BCUT2D eigenvalue weighted by molar-refractivity contribution is -0.115. The summed E-state index contributed by atoms with van der Waals surface area (Å²) in [6.07, 6.45) is 1.09. The second-order valence-corrected chi connectivity index (χ2v) is 6.12. The number of alkyl halides is 1. The van der Waals surface area contributed by atoms with Gasteiger partial charge in [-0.2, -0.15) is 5.10 Å². The number of amides is 2. The predicted octanol–water partition coefficient (Wildman–Crippen LogP) is 3.06. The van der Waals surface area contributed by atoms with Crippen LogP contribution in [0, 0.1) is 0 Å². The molecule has 0 fully saturated rings. The number of hydrogen-bond acceptors (Lipinski definition) is 4. The molecule has 2 aromatic carbocycles. The number of fused-ring (bicyclic) bond motifs is 1. The van der Waals surface area contributed by atoms with E-state index in [2.05, 4.69) is 20.8 Å². The molecule has 0 saturated carbocycles. The summed E-state index contributed by atoms with van der Waals surface area (Å²) in [6, 6.07) is 14.0. The molecule has 28 heavy (non-hydrogen) atoms. The van der Waals surface area contributed by atoms with Gasteiger partial charge >= 0.3 is 0 Å². The average Bonchev–Trinajstić information content (AvgIpc) is 3.12. The summed E-state index contributed by atoms with van der Waals surface area (Å²) in [5.74, 6) is 0.238. The van der Waals surface area contributed by atoms with Gasteiger partial charge in [-0.3, -0.25) is 19.1 Å². The summed E-state index contributed by atoms with van der Waals surface area (Å²) < 4.78 is 17.7. The van der Waals surface area contributed by atoms with E-state index in [0.29, 0.717) is 42.0 Å². The number of nitrogens with zero attached hydrogens (tertiary/aromatic N) is 1. The number of rotatable bonds is 9. The lowest BCUT2D eigenvalue weighted by Gasteiger charge is -2.07. The molecule has 2 amide bonds. The van der Waals surface area contributed by atoms with Crippen LogP contribution in [0.5, 0.6) is 5.75 Å². The van der Waals surface area contributed by atoms with Crippen LogP contribution in [-0.4, -0.2) is 41.8 Å². The lowest BCUT2D eigenvalue weighted by atomic mass is 10.2. The second-order valence-electron chi connectivity index (χ2n) is 6.12. The van der Waals surface area contributed by atoms with Gasteiger partial charge in [0.25, 0.3) is 5.91 Å². The van der Waals surface area contributed by atoms with E-state index in [4.69, 9.17) is 4.74 Å². The minimum absolute atomic E-state index is 0.179. The number of unbranched alkanes of at least 4 members (excludes halogenated alkanes) is 1. The largest absolute Gasteiger partial charge is 0.494 e. The number of aromatic nitrogens is 2. The van der Waals surface area contributed by atoms with Crippen LogP contribution in [0.2, 0.25) is 0 Å². The number of ether oxygens (including phenoxy) is 1. The average molecular weight is 384 g/mol. The maximum atomic E-state index is 12.2. The highest BCUT2D eigenvalue weighted by Gasteiger charge is 2.12. The highest BCUT2D eigenvalue weighted by atomic mass is 19.1. The van der Waals surface area contributed by atoms with Gasteiger partial charge in [0, 0.05) is 10.9 Å². The quantitative estimate of drug-likeness (QED) is 0.494. The summed E-state index contributed by atoms with van der Waals surface area (Å²) in [6.45, 7) is -0.122. The van der Waals surface area contributed by atoms with Gasteiger partial charge < -0.3 is 15.4 Å². The lowest BCUT2D eigenvalue weighted by Crippen LogP contribution is -2.32. The van der Waals surface area contributed by atoms with Crippen LogP contribution in [0.15, 0.2) is 48.5 Å². The first-order chi connectivity index (χ1) is 13.7. The number of H-pyrrole nitrogens is 1. The van der Waals surface area contributed by atoms with E-state index in [1.54, 1.807) is 42.5 Å². The zero-order valence-electron chi connectivity index (χ0n) is 15.2. The molecule has 3 N–H and O–H groups in total. The van der Waals surface area contributed by atoms with Crippen molar-refractivity contribution in [1.29, 1.82) is 0 Å². The van der Waals surface area contributed by atoms with E-state index < -0.39 is 5.91 Å². The minimum Gasteiger partial charge on any atom is -0.494 e. The van der Waals surface area contributed by atoms with Crippen LogP contribution in [0.1, 0.15) is 23.2 Å². The minimum atomic E-state index is -0.396. The van der Waals surface area contributed by atoms with E-state index in [-0.39, 0.29) is 19.1 Å². The third kappa shape index (κ3) is 5.06. The topological polar surface area (TPSA) is 96.1 Å². The predicted molar refractivity (Wildman–Crippen MR) is 104 cm³/mol. The normalized spacial score (nSPS) is 10.6. The standard InChI is InChI=1S/C20H21FN4O3/c21-10-4-5-11-28-15-8-9-17-16(12-15)19(25-24-17)23-18(26)13-22-20(27)14-6-2-1-3-7-14/h1-3,6-9,12H,4-5,10-11,13H2,(H,22,27)(H2,23,24,25,26). The molecule has 7 nitrogen and oxygen atoms in total. The van der Waals surface area contributed by atoms with Crippen molar-refractivity contribution in [3.8, 4) is 5.75 Å². The molecule has 0 saturated heterocycles. The highest BCUT2D eigenvalue weighted by molar-refractivity contribution is 6.03. The number of aromatic amines is 1. The second kappa shape index (κ2) is 9.50. The van der Waals surface area contributed by atoms with Crippen molar-refractivity contribution in [3.63, 3.8) is 0 Å². The fraction of sp³-hybridized carbons (Fsp3) is 0.250. The summed E-state index contributed by atoms with van der Waals surface area (Å²) in [4.78, 5) is 24.2. The number of carbonyl (C=O) groups is 2. The molecule has 0 radical (unpaired) electrons. The van der Waals surface area contributed by atoms with Crippen molar-refractivity contribution < 1.29 is 18.7 Å². The van der Waals surface area contributed by atoms with Gasteiger partial charge in [0.1, 0.15) is 5.75 Å². The molecule has 0 bridgehead atoms. The van der Waals surface area contributed by atoms with E-state index in [1.165, 1.54) is 0 Å². The Morgan fingerprint density at radius 2 is 1.93 bits per heavy atom. The molecule has 8 heteroatoms. The van der Waals surface area contributed by atoms with Crippen LogP contribution >= 0.6 is 0 Å². The number of benzene rings is 2. The Kier molecular flexibility index (Phi) is 6.56. The smallest absolute Gasteiger partial charge is 0.251 e. The summed E-state index contributed by atoms with van der Waals surface area (Å²) >= 11 is 0. The van der Waals surface area contributed by atoms with Gasteiger partial charge in [-0.05, 0) is 43.2 Å². The van der Waals surface area contributed by atoms with Crippen LogP contribution in [0.4, 0.5) is 10.2 Å². The Labute approximate surface area is 161 Å². The first-order valence-corrected chi connectivity index (χ1v) is 8.97. The molecule has 1 heterocycles. The van der Waals surface area contributed by atoms with Crippen molar-refractivity contribution in [2.75, 3.05) is 25.1 Å². The Morgan fingerprint density at radius 1 is 1.11 bits per heavy atom. The Hall–Kier alpha value is -3.42. The molecule has 3 aromatic rings. The molecule has 0 unspecified atom stereocenters. The monoisotopic (exact) mass is 384 g/mol. The first kappa shape index (κ1) is 19.3. The van der Waals surface area contributed by atoms with Gasteiger partial charge in [0.05, 0.1) is 25.3 Å². The van der Waals surface area contributed by atoms with Crippen molar-refractivity contribution in [3.05, 3.63) is 54.1 Å². The molecular formula is C20H21FN4O3. The third-order valence-electron chi connectivity index (χ3n) is 4.03. The Bertz CT molecular complexity index is 943. The van der Waals surface area contributed by atoms with Crippen molar-refractivity contribution in [2.45, 2.75) is 12.8 Å². The molecule has 146 valence electrons. The zero-order chi connectivity index (χ0) is 19.8. The van der Waals surface area contributed by atoms with Crippen LogP contribution in [-0.2, 0) is 4.79 Å². The maximum Gasteiger partial charge on any atom is 0.251 e. The SMILES string of the molecule is O=C(CNC(=O)c1ccccc1)Nc1n[nH]c2ccc(OCCCCF)cc12. The van der Waals surface area contributed by atoms with Crippen LogP contribution in [0.3, 0.4) is 0 Å². The van der Waals surface area contributed by atoms with E-state index in [9.17, 15) is 14.0 Å². The molecule has 1 aromatic heterocycles. The molecule has 0 aliphatic heterocycles. The number of anilines is 1. The fourth-order valence-corrected chi connectivity index (χ4v) is 2.59. The van der Waals surface area contributed by atoms with E-state index >= 15 is 0 Å². The molecule has 0 spiro atoms. The zero-order valence-corrected chi connectivity index (χ0v) is 15.2. The molecule has 3 rings (SSSR count). The maximum absolute atomic E-state index is 12.2. The molecule has 0 aliphatic rings. The Balaban J connectivity index is 1.58. The summed E-state index contributed by atoms with van der Waals surface area (Å²) in [7, 11) is 0. The van der Waals surface area contributed by atoms with E-state index in [0.717, 1.165) is 5.52 Å². The molecule has 0 atom stereocenters. The van der Waals surface area contributed by atoms with Gasteiger partial charge in [0.15, 0.2) is 5.82 Å². The third-order valence-corrected chi connectivity index (χ3v) is 4.03. The first-order valence-electron chi connectivity index (χ1n) is 8.97. The highest BCUT2D eigenvalue weighted by Crippen LogP contribution is 2.25. The fourth-order valence-electron chi connectivity index (χ4n) is 2.59. The van der Waals surface area contributed by atoms with Crippen LogP contribution in [0.25, 0.3) is 10.9 Å². The van der Waals surface area contributed by atoms with Gasteiger partial charge in [0.2, 0.25) is 5.91 Å². The van der Waals surface area contributed by atoms with Crippen molar-refractivity contribution in [2.24, 2.45) is 0 Å². The van der Waals surface area contributed by atoms with Gasteiger partial charge in [-0.1, -0.05) is 18.2 Å². The van der Waals surface area contributed by atoms with Gasteiger partial charge in [-0.25, -0.2) is 0 Å². The van der Waals surface area contributed by atoms with E-state index in [1.807, 2.05) is 6.07 Å². The molecular weight excluding hydrogens is 363 g/mol. The van der Waals surface area contributed by atoms with Crippen molar-refractivity contribution >= 4 is 28.5 Å². The number of halogens is 1. The number of hydrogen-bond donors (Lipinski definition) is 3. The number of nitrogens with one attached hydrogen (secondary N) is 3. The number of carbonyl (C=O) groups excluding carboxylic acids is 2. The summed E-state index contributed by atoms with van der Waals surface area (Å²) in [5, 5.41) is 12.9. The van der Waals surface area contributed by atoms with Crippen molar-refractivity contribution in [1.82, 2.24) is 15.5 Å². The summed E-state index contributed by atoms with van der Waals surface area (Å²) in [5.41, 5.74) is 1.22. The van der Waals surface area contributed by atoms with Crippen LogP contribution < -0.4 is 15.4 Å². The molecule has 0 aliphatic carbocycles.